The van der Waals surface area contributed by atoms with Crippen molar-refractivity contribution in [3.05, 3.63) is 29.8 Å². The van der Waals surface area contributed by atoms with Crippen molar-refractivity contribution < 1.29 is 14.2 Å². The topological polar surface area (TPSA) is 30.9 Å². The van der Waals surface area contributed by atoms with Crippen molar-refractivity contribution in [3.63, 3.8) is 0 Å². The van der Waals surface area contributed by atoms with Crippen LogP contribution in [-0.2, 0) is 16.0 Å². The number of fused-ring (bicyclic) bond motifs is 1. The zero-order valence-electron chi connectivity index (χ0n) is 13.0. The number of hydrogen-bond donors (Lipinski definition) is 0. The maximum absolute atomic E-state index is 6.17. The van der Waals surface area contributed by atoms with Crippen LogP contribution in [0.1, 0.15) is 24.8 Å². The fraction of sp³-hybridized carbons (Fsp3) is 0.647. The minimum Gasteiger partial charge on any atom is -0.497 e. The molecule has 2 saturated heterocycles. The zero-order chi connectivity index (χ0) is 14.7. The van der Waals surface area contributed by atoms with Gasteiger partial charge in [0.15, 0.2) is 0 Å². The molecule has 116 valence electrons. The molecule has 0 aliphatic carbocycles. The highest BCUT2D eigenvalue weighted by Gasteiger charge is 2.39. The first-order valence-electron chi connectivity index (χ1n) is 7.81. The van der Waals surface area contributed by atoms with Crippen molar-refractivity contribution >= 4 is 0 Å². The Balaban J connectivity index is 1.58. The summed E-state index contributed by atoms with van der Waals surface area (Å²) in [5.74, 6) is 0.918. The molecule has 4 heteroatoms. The molecule has 0 amide bonds. The fourth-order valence-corrected chi connectivity index (χ4v) is 3.56. The molecule has 3 atom stereocenters. The number of ether oxygens (including phenoxy) is 3. The number of rotatable bonds is 5. The molecule has 0 spiro atoms. The lowest BCUT2D eigenvalue weighted by atomic mass is 9.99. The third-order valence-electron chi connectivity index (χ3n) is 4.65. The molecular formula is C17H25NO3. The summed E-state index contributed by atoms with van der Waals surface area (Å²) in [6.45, 7) is 2.85. The molecule has 1 aromatic carbocycles. The summed E-state index contributed by atoms with van der Waals surface area (Å²) >= 11 is 0. The van der Waals surface area contributed by atoms with Crippen molar-refractivity contribution in [2.24, 2.45) is 0 Å². The van der Waals surface area contributed by atoms with Crippen molar-refractivity contribution in [1.82, 2.24) is 4.90 Å². The minimum atomic E-state index is 0.289. The van der Waals surface area contributed by atoms with Gasteiger partial charge in [0.2, 0.25) is 0 Å². The number of nitrogens with zero attached hydrogens (tertiary/aromatic N) is 1. The van der Waals surface area contributed by atoms with Crippen molar-refractivity contribution in [1.29, 1.82) is 0 Å². The van der Waals surface area contributed by atoms with Gasteiger partial charge in [-0.25, -0.2) is 0 Å². The Kier molecular flexibility index (Phi) is 4.78. The molecule has 0 radical (unpaired) electrons. The van der Waals surface area contributed by atoms with E-state index in [0.29, 0.717) is 12.1 Å². The smallest absolute Gasteiger partial charge is 0.118 e. The highest BCUT2D eigenvalue weighted by Crippen LogP contribution is 2.32. The van der Waals surface area contributed by atoms with E-state index in [9.17, 15) is 0 Å². The second kappa shape index (κ2) is 6.77. The van der Waals surface area contributed by atoms with Gasteiger partial charge in [-0.2, -0.15) is 0 Å². The summed E-state index contributed by atoms with van der Waals surface area (Å²) in [6, 6.07) is 8.96. The van der Waals surface area contributed by atoms with E-state index in [2.05, 4.69) is 17.0 Å². The summed E-state index contributed by atoms with van der Waals surface area (Å²) in [5, 5.41) is 0. The molecule has 21 heavy (non-hydrogen) atoms. The van der Waals surface area contributed by atoms with E-state index < -0.39 is 0 Å². The second-order valence-electron chi connectivity index (χ2n) is 6.00. The van der Waals surface area contributed by atoms with Crippen LogP contribution in [-0.4, -0.2) is 50.5 Å². The Bertz CT molecular complexity index is 448. The maximum Gasteiger partial charge on any atom is 0.118 e. The van der Waals surface area contributed by atoms with E-state index in [1.807, 2.05) is 12.1 Å². The average molecular weight is 291 g/mol. The Morgan fingerprint density at radius 1 is 1.14 bits per heavy atom. The first-order chi connectivity index (χ1) is 10.3. The van der Waals surface area contributed by atoms with Crippen LogP contribution in [0.25, 0.3) is 0 Å². The van der Waals surface area contributed by atoms with E-state index in [1.165, 1.54) is 12.0 Å². The third kappa shape index (κ3) is 3.39. The van der Waals surface area contributed by atoms with E-state index in [1.54, 1.807) is 14.2 Å². The van der Waals surface area contributed by atoms with Gasteiger partial charge < -0.3 is 14.2 Å². The van der Waals surface area contributed by atoms with Crippen LogP contribution in [0, 0.1) is 0 Å². The number of benzene rings is 1. The zero-order valence-corrected chi connectivity index (χ0v) is 13.0. The lowest BCUT2D eigenvalue weighted by Crippen LogP contribution is -2.43. The number of likely N-dealkylation sites (tertiary alicyclic amines) is 1. The van der Waals surface area contributed by atoms with E-state index in [0.717, 1.165) is 38.3 Å². The molecule has 1 aromatic rings. The Hall–Kier alpha value is -1.10. The SMILES string of the molecule is COC[C@@H]1CC[C@H]2[C@H](CCN2Cc2ccc(OC)cc2)O1. The van der Waals surface area contributed by atoms with E-state index in [4.69, 9.17) is 14.2 Å². The quantitative estimate of drug-likeness (QED) is 0.834. The normalized spacial score (nSPS) is 29.3. The molecule has 0 aromatic heterocycles. The van der Waals surface area contributed by atoms with Crippen LogP contribution in [0.4, 0.5) is 0 Å². The lowest BCUT2D eigenvalue weighted by molar-refractivity contribution is -0.0938. The van der Waals surface area contributed by atoms with Crippen molar-refractivity contribution in [2.45, 2.75) is 44.1 Å². The molecule has 3 rings (SSSR count). The Morgan fingerprint density at radius 2 is 1.95 bits per heavy atom. The van der Waals surface area contributed by atoms with Gasteiger partial charge in [0.25, 0.3) is 0 Å². The van der Waals surface area contributed by atoms with E-state index in [-0.39, 0.29) is 6.10 Å². The Morgan fingerprint density at radius 3 is 2.67 bits per heavy atom. The van der Waals surface area contributed by atoms with Crippen molar-refractivity contribution in [2.75, 3.05) is 27.4 Å². The molecule has 0 unspecified atom stereocenters. The highest BCUT2D eigenvalue weighted by atomic mass is 16.5. The van der Waals surface area contributed by atoms with Crippen LogP contribution in [0.15, 0.2) is 24.3 Å². The Labute approximate surface area is 127 Å². The van der Waals surface area contributed by atoms with E-state index >= 15 is 0 Å². The average Bonchev–Trinajstić information content (AvgIpc) is 2.91. The molecule has 0 N–H and O–H groups in total. The van der Waals surface area contributed by atoms with Crippen LogP contribution in [0.5, 0.6) is 5.75 Å². The van der Waals surface area contributed by atoms with Gasteiger partial charge in [0.05, 0.1) is 25.9 Å². The summed E-state index contributed by atoms with van der Waals surface area (Å²) in [7, 11) is 3.45. The maximum atomic E-state index is 6.17. The summed E-state index contributed by atoms with van der Waals surface area (Å²) in [5.41, 5.74) is 1.34. The third-order valence-corrected chi connectivity index (χ3v) is 4.65. The van der Waals surface area contributed by atoms with Crippen LogP contribution in [0.2, 0.25) is 0 Å². The van der Waals surface area contributed by atoms with Gasteiger partial charge in [0.1, 0.15) is 5.75 Å². The molecule has 2 aliphatic rings. The summed E-state index contributed by atoms with van der Waals surface area (Å²) < 4.78 is 16.6. The first-order valence-corrected chi connectivity index (χ1v) is 7.81. The molecule has 2 aliphatic heterocycles. The van der Waals surface area contributed by atoms with Gasteiger partial charge in [-0.3, -0.25) is 4.90 Å². The molecule has 2 heterocycles. The molecule has 4 nitrogen and oxygen atoms in total. The standard InChI is InChI=1S/C17H25NO3/c1-19-12-15-7-8-16-17(21-15)9-10-18(16)11-13-3-5-14(20-2)6-4-13/h3-6,15-17H,7-12H2,1-2H3/t15-,16-,17-/m0/s1. The molecule has 0 bridgehead atoms. The first kappa shape index (κ1) is 14.8. The van der Waals surface area contributed by atoms with Gasteiger partial charge in [-0.15, -0.1) is 0 Å². The molecule has 0 saturated carbocycles. The highest BCUT2D eigenvalue weighted by molar-refractivity contribution is 5.27. The summed E-state index contributed by atoms with van der Waals surface area (Å²) in [6.07, 6.45) is 4.14. The van der Waals surface area contributed by atoms with Gasteiger partial charge >= 0.3 is 0 Å². The van der Waals surface area contributed by atoms with Crippen LogP contribution < -0.4 is 4.74 Å². The van der Waals surface area contributed by atoms with Crippen molar-refractivity contribution in [3.8, 4) is 5.75 Å². The molecular weight excluding hydrogens is 266 g/mol. The van der Waals surface area contributed by atoms with Crippen LogP contribution in [0.3, 0.4) is 0 Å². The fourth-order valence-electron chi connectivity index (χ4n) is 3.56. The monoisotopic (exact) mass is 291 g/mol. The lowest BCUT2D eigenvalue weighted by Gasteiger charge is -2.35. The summed E-state index contributed by atoms with van der Waals surface area (Å²) in [4.78, 5) is 2.56. The number of hydrogen-bond acceptors (Lipinski definition) is 4. The predicted molar refractivity (Wildman–Crippen MR) is 81.6 cm³/mol. The number of methoxy groups -OCH3 is 2. The van der Waals surface area contributed by atoms with Gasteiger partial charge in [-0.05, 0) is 37.0 Å². The van der Waals surface area contributed by atoms with Crippen LogP contribution >= 0.6 is 0 Å². The predicted octanol–water partition coefficient (Wildman–Crippen LogP) is 2.46. The van der Waals surface area contributed by atoms with Gasteiger partial charge in [0, 0.05) is 26.2 Å². The largest absolute Gasteiger partial charge is 0.497 e. The van der Waals surface area contributed by atoms with Gasteiger partial charge in [-0.1, -0.05) is 12.1 Å². The molecule has 2 fully saturated rings. The second-order valence-corrected chi connectivity index (χ2v) is 6.00. The minimum absolute atomic E-state index is 0.289.